The van der Waals surface area contributed by atoms with Crippen LogP contribution in [-0.4, -0.2) is 42.7 Å². The standard InChI is InChI=1S/C27H31N3O4/c1-19(31)29-23-12-7-11-22(16-23)27(33)30-25(15-20-8-4-3-5-9-20)26(32)18-28-17-21-10-6-13-24(14-21)34-2/h3-14,16,25-26,28,32H,15,17-18H2,1-2H3,(H,29,31)(H,30,33). The van der Waals surface area contributed by atoms with Crippen LogP contribution in [0.4, 0.5) is 5.69 Å². The highest BCUT2D eigenvalue weighted by molar-refractivity contribution is 5.97. The first-order chi connectivity index (χ1) is 16.4. The van der Waals surface area contributed by atoms with Crippen molar-refractivity contribution in [1.29, 1.82) is 0 Å². The molecule has 0 spiro atoms. The molecular weight excluding hydrogens is 430 g/mol. The van der Waals surface area contributed by atoms with Gasteiger partial charge in [0.05, 0.1) is 19.3 Å². The highest BCUT2D eigenvalue weighted by atomic mass is 16.5. The van der Waals surface area contributed by atoms with E-state index in [0.29, 0.717) is 30.8 Å². The molecule has 0 aliphatic rings. The molecule has 7 nitrogen and oxygen atoms in total. The molecule has 34 heavy (non-hydrogen) atoms. The molecule has 0 heterocycles. The van der Waals surface area contributed by atoms with Crippen LogP contribution in [0, 0.1) is 0 Å². The summed E-state index contributed by atoms with van der Waals surface area (Å²) in [7, 11) is 1.62. The van der Waals surface area contributed by atoms with Crippen LogP contribution in [0.1, 0.15) is 28.4 Å². The van der Waals surface area contributed by atoms with Crippen molar-refractivity contribution in [2.75, 3.05) is 19.0 Å². The fourth-order valence-corrected chi connectivity index (χ4v) is 3.63. The second-order valence-electron chi connectivity index (χ2n) is 8.08. The highest BCUT2D eigenvalue weighted by Crippen LogP contribution is 2.14. The Hall–Kier alpha value is -3.68. The Morgan fingerprint density at radius 2 is 1.68 bits per heavy atom. The lowest BCUT2D eigenvalue weighted by molar-refractivity contribution is -0.114. The summed E-state index contributed by atoms with van der Waals surface area (Å²) in [5, 5.41) is 19.9. The first-order valence-corrected chi connectivity index (χ1v) is 11.2. The molecule has 0 aliphatic heterocycles. The number of aliphatic hydroxyl groups is 1. The zero-order valence-corrected chi connectivity index (χ0v) is 19.5. The molecule has 7 heteroatoms. The predicted molar refractivity (Wildman–Crippen MR) is 133 cm³/mol. The average Bonchev–Trinajstić information content (AvgIpc) is 2.84. The van der Waals surface area contributed by atoms with Crippen molar-refractivity contribution in [3.05, 3.63) is 95.6 Å². The quantitative estimate of drug-likeness (QED) is 0.352. The summed E-state index contributed by atoms with van der Waals surface area (Å²) in [5.74, 6) is 0.243. The SMILES string of the molecule is COc1cccc(CNCC(O)C(Cc2ccccc2)NC(=O)c2cccc(NC(C)=O)c2)c1. The Morgan fingerprint density at radius 1 is 0.941 bits per heavy atom. The summed E-state index contributed by atoms with van der Waals surface area (Å²) in [4.78, 5) is 24.3. The Bertz CT molecular complexity index is 1090. The fourth-order valence-electron chi connectivity index (χ4n) is 3.63. The van der Waals surface area contributed by atoms with Crippen molar-refractivity contribution in [3.8, 4) is 5.75 Å². The Morgan fingerprint density at radius 3 is 2.41 bits per heavy atom. The number of methoxy groups -OCH3 is 1. The summed E-state index contributed by atoms with van der Waals surface area (Å²) in [5.41, 5.74) is 2.98. The molecule has 3 aromatic carbocycles. The molecule has 0 radical (unpaired) electrons. The van der Waals surface area contributed by atoms with Gasteiger partial charge in [-0.3, -0.25) is 9.59 Å². The van der Waals surface area contributed by atoms with Crippen LogP contribution in [0.5, 0.6) is 5.75 Å². The van der Waals surface area contributed by atoms with Gasteiger partial charge in [0.15, 0.2) is 0 Å². The summed E-state index contributed by atoms with van der Waals surface area (Å²) < 4.78 is 5.25. The second-order valence-corrected chi connectivity index (χ2v) is 8.08. The molecule has 2 atom stereocenters. The van der Waals surface area contributed by atoms with E-state index in [-0.39, 0.29) is 11.8 Å². The van der Waals surface area contributed by atoms with Gasteiger partial charge in [0.25, 0.3) is 5.91 Å². The predicted octanol–water partition coefficient (Wildman–Crippen LogP) is 3.15. The van der Waals surface area contributed by atoms with Gasteiger partial charge in [-0.1, -0.05) is 48.5 Å². The number of aliphatic hydroxyl groups excluding tert-OH is 1. The van der Waals surface area contributed by atoms with Crippen LogP contribution >= 0.6 is 0 Å². The Labute approximate surface area is 200 Å². The summed E-state index contributed by atoms with van der Waals surface area (Å²) in [6.45, 7) is 2.26. The van der Waals surface area contributed by atoms with E-state index in [4.69, 9.17) is 4.74 Å². The van der Waals surface area contributed by atoms with Crippen molar-refractivity contribution in [2.45, 2.75) is 32.0 Å². The van der Waals surface area contributed by atoms with Crippen molar-refractivity contribution < 1.29 is 19.4 Å². The minimum atomic E-state index is -0.826. The van der Waals surface area contributed by atoms with Gasteiger partial charge in [-0.25, -0.2) is 0 Å². The molecule has 0 saturated heterocycles. The summed E-state index contributed by atoms with van der Waals surface area (Å²) in [6.07, 6.45) is -0.353. The van der Waals surface area contributed by atoms with E-state index in [2.05, 4.69) is 16.0 Å². The largest absolute Gasteiger partial charge is 0.497 e. The Balaban J connectivity index is 1.67. The summed E-state index contributed by atoms with van der Waals surface area (Å²) in [6, 6.07) is 23.6. The lowest BCUT2D eigenvalue weighted by Crippen LogP contribution is -2.48. The molecule has 178 valence electrons. The van der Waals surface area contributed by atoms with Gasteiger partial charge in [-0.05, 0) is 47.9 Å². The topological polar surface area (TPSA) is 99.7 Å². The lowest BCUT2D eigenvalue weighted by atomic mass is 10.00. The maximum Gasteiger partial charge on any atom is 0.251 e. The van der Waals surface area contributed by atoms with Crippen molar-refractivity contribution in [2.24, 2.45) is 0 Å². The van der Waals surface area contributed by atoms with E-state index in [0.717, 1.165) is 16.9 Å². The number of ether oxygens (including phenoxy) is 1. The molecule has 0 fully saturated rings. The van der Waals surface area contributed by atoms with Crippen LogP contribution in [0.25, 0.3) is 0 Å². The third kappa shape index (κ3) is 7.72. The number of anilines is 1. The molecule has 2 amide bonds. The average molecular weight is 462 g/mol. The van der Waals surface area contributed by atoms with E-state index in [1.807, 2.05) is 54.6 Å². The van der Waals surface area contributed by atoms with E-state index >= 15 is 0 Å². The van der Waals surface area contributed by atoms with Crippen LogP contribution in [0.15, 0.2) is 78.9 Å². The van der Waals surface area contributed by atoms with Crippen LogP contribution < -0.4 is 20.7 Å². The number of carbonyl (C=O) groups excluding carboxylic acids is 2. The molecule has 0 bridgehead atoms. The number of nitrogens with one attached hydrogen (secondary N) is 3. The van der Waals surface area contributed by atoms with Gasteiger partial charge in [0, 0.05) is 31.3 Å². The third-order valence-electron chi connectivity index (χ3n) is 5.34. The van der Waals surface area contributed by atoms with Crippen LogP contribution in [0.2, 0.25) is 0 Å². The molecule has 0 aliphatic carbocycles. The molecule has 0 saturated carbocycles. The van der Waals surface area contributed by atoms with E-state index in [1.54, 1.807) is 31.4 Å². The number of amides is 2. The summed E-state index contributed by atoms with van der Waals surface area (Å²) >= 11 is 0. The van der Waals surface area contributed by atoms with Crippen molar-refractivity contribution in [1.82, 2.24) is 10.6 Å². The number of rotatable bonds is 11. The number of hydrogen-bond acceptors (Lipinski definition) is 5. The first kappa shape index (κ1) is 25.0. The zero-order valence-electron chi connectivity index (χ0n) is 19.5. The van der Waals surface area contributed by atoms with Gasteiger partial charge in [-0.15, -0.1) is 0 Å². The van der Waals surface area contributed by atoms with Crippen molar-refractivity contribution >= 4 is 17.5 Å². The highest BCUT2D eigenvalue weighted by Gasteiger charge is 2.22. The van der Waals surface area contributed by atoms with E-state index in [1.165, 1.54) is 6.92 Å². The van der Waals surface area contributed by atoms with Gasteiger partial charge in [-0.2, -0.15) is 0 Å². The van der Waals surface area contributed by atoms with Crippen LogP contribution in [-0.2, 0) is 17.8 Å². The lowest BCUT2D eigenvalue weighted by Gasteiger charge is -2.25. The van der Waals surface area contributed by atoms with E-state index in [9.17, 15) is 14.7 Å². The minimum absolute atomic E-state index is 0.211. The number of benzene rings is 3. The maximum absolute atomic E-state index is 13.0. The van der Waals surface area contributed by atoms with Gasteiger partial charge >= 0.3 is 0 Å². The minimum Gasteiger partial charge on any atom is -0.497 e. The zero-order chi connectivity index (χ0) is 24.3. The van der Waals surface area contributed by atoms with Gasteiger partial charge < -0.3 is 25.8 Å². The smallest absolute Gasteiger partial charge is 0.251 e. The van der Waals surface area contributed by atoms with Crippen LogP contribution in [0.3, 0.4) is 0 Å². The molecule has 3 aromatic rings. The normalized spacial score (nSPS) is 12.4. The number of hydrogen-bond donors (Lipinski definition) is 4. The fraction of sp³-hybridized carbons (Fsp3) is 0.259. The number of carbonyl (C=O) groups is 2. The third-order valence-corrected chi connectivity index (χ3v) is 5.34. The molecular formula is C27H31N3O4. The van der Waals surface area contributed by atoms with Gasteiger partial charge in [0.1, 0.15) is 5.75 Å². The second kappa shape index (κ2) is 12.5. The first-order valence-electron chi connectivity index (χ1n) is 11.2. The van der Waals surface area contributed by atoms with Crippen molar-refractivity contribution in [3.63, 3.8) is 0 Å². The maximum atomic E-state index is 13.0. The molecule has 4 N–H and O–H groups in total. The molecule has 3 rings (SSSR count). The van der Waals surface area contributed by atoms with E-state index < -0.39 is 12.1 Å². The Kier molecular flexibility index (Phi) is 9.20. The monoisotopic (exact) mass is 461 g/mol. The molecule has 0 aromatic heterocycles. The van der Waals surface area contributed by atoms with Gasteiger partial charge in [0.2, 0.25) is 5.91 Å². The molecule has 2 unspecified atom stereocenters.